The molecule has 1 aromatic heterocycles. The van der Waals surface area contributed by atoms with Gasteiger partial charge in [0.2, 0.25) is 5.91 Å². The zero-order valence-corrected chi connectivity index (χ0v) is 19.5. The van der Waals surface area contributed by atoms with E-state index in [0.717, 1.165) is 5.56 Å². The highest BCUT2D eigenvalue weighted by Crippen LogP contribution is 2.18. The summed E-state index contributed by atoms with van der Waals surface area (Å²) in [6, 6.07) is 19.5. The summed E-state index contributed by atoms with van der Waals surface area (Å²) in [6.07, 6.45) is 1.47. The number of alkyl carbamates (subject to hydrolysis) is 1. The van der Waals surface area contributed by atoms with Gasteiger partial charge >= 0.3 is 6.09 Å². The number of carbonyl (C=O) groups is 3. The van der Waals surface area contributed by atoms with Crippen LogP contribution in [-0.2, 0) is 16.1 Å². The lowest BCUT2D eigenvalue weighted by atomic mass is 10.2. The molecular weight excluding hydrogens is 448 g/mol. The summed E-state index contributed by atoms with van der Waals surface area (Å²) in [7, 11) is 0. The van der Waals surface area contributed by atoms with Gasteiger partial charge in [0.25, 0.3) is 5.91 Å². The molecule has 0 aliphatic rings. The summed E-state index contributed by atoms with van der Waals surface area (Å²) in [5.74, 6) is 0.147. The van der Waals surface area contributed by atoms with Crippen LogP contribution in [0.2, 0.25) is 0 Å². The van der Waals surface area contributed by atoms with Gasteiger partial charge in [-0.2, -0.15) is 0 Å². The van der Waals surface area contributed by atoms with Gasteiger partial charge in [-0.1, -0.05) is 30.3 Å². The summed E-state index contributed by atoms with van der Waals surface area (Å²) in [6.45, 7) is 2.90. The minimum atomic E-state index is -0.549. The summed E-state index contributed by atoms with van der Waals surface area (Å²) in [5, 5.41) is 8.06. The fourth-order valence-electron chi connectivity index (χ4n) is 3.10. The Kier molecular flexibility index (Phi) is 9.62. The lowest BCUT2D eigenvalue weighted by Gasteiger charge is -2.11. The van der Waals surface area contributed by atoms with Crippen LogP contribution in [-0.4, -0.2) is 36.0 Å². The number of nitrogens with zero attached hydrogens (tertiary/aromatic N) is 1. The molecule has 0 fully saturated rings. The van der Waals surface area contributed by atoms with Crippen molar-refractivity contribution in [3.63, 3.8) is 0 Å². The Hall–Kier alpha value is -4.40. The summed E-state index contributed by atoms with van der Waals surface area (Å²) in [4.78, 5) is 41.0. The van der Waals surface area contributed by atoms with Crippen LogP contribution >= 0.6 is 0 Å². The van der Waals surface area contributed by atoms with E-state index in [1.165, 1.54) is 6.20 Å². The molecule has 0 saturated heterocycles. The van der Waals surface area contributed by atoms with E-state index >= 15 is 0 Å². The molecule has 0 spiro atoms. The number of ether oxygens (including phenoxy) is 2. The third-order valence-electron chi connectivity index (χ3n) is 4.80. The molecule has 0 aliphatic heterocycles. The highest BCUT2D eigenvalue weighted by Gasteiger charge is 2.15. The minimum absolute atomic E-state index is 0.134. The van der Waals surface area contributed by atoms with Crippen LogP contribution in [0.3, 0.4) is 0 Å². The predicted molar refractivity (Wildman–Crippen MR) is 132 cm³/mol. The standard InChI is InChI=1S/C26H28N4O5/c1-2-34-21-14-12-20(13-15-21)29-25(32)22-10-6-16-27-24(22)30-23(31)11-7-17-28-26(33)35-18-19-8-4-3-5-9-19/h3-6,8-10,12-16H,2,7,11,17-18H2,1H3,(H,28,33)(H,29,32)(H,27,30,31). The number of benzene rings is 2. The maximum atomic E-state index is 12.7. The lowest BCUT2D eigenvalue weighted by Crippen LogP contribution is -2.26. The Morgan fingerprint density at radius 1 is 0.914 bits per heavy atom. The number of amides is 3. The number of carbonyl (C=O) groups excluding carboxylic acids is 3. The topological polar surface area (TPSA) is 119 Å². The van der Waals surface area contributed by atoms with Crippen molar-refractivity contribution in [2.75, 3.05) is 23.8 Å². The number of aromatic nitrogens is 1. The minimum Gasteiger partial charge on any atom is -0.494 e. The van der Waals surface area contributed by atoms with E-state index in [9.17, 15) is 14.4 Å². The van der Waals surface area contributed by atoms with Gasteiger partial charge in [-0.05, 0) is 55.3 Å². The van der Waals surface area contributed by atoms with Gasteiger partial charge in [0, 0.05) is 24.8 Å². The van der Waals surface area contributed by atoms with Crippen molar-refractivity contribution < 1.29 is 23.9 Å². The molecule has 0 saturated carbocycles. The number of hydrogen-bond acceptors (Lipinski definition) is 6. The molecule has 1 heterocycles. The molecule has 0 radical (unpaired) electrons. The molecule has 0 unspecified atom stereocenters. The Bertz CT molecular complexity index is 1120. The van der Waals surface area contributed by atoms with Crippen LogP contribution in [0.1, 0.15) is 35.7 Å². The second kappa shape index (κ2) is 13.3. The Balaban J connectivity index is 1.43. The second-order valence-corrected chi connectivity index (χ2v) is 7.45. The SMILES string of the molecule is CCOc1ccc(NC(=O)c2cccnc2NC(=O)CCCNC(=O)OCc2ccccc2)cc1. The smallest absolute Gasteiger partial charge is 0.407 e. The van der Waals surface area contributed by atoms with E-state index in [1.54, 1.807) is 36.4 Å². The molecule has 9 nitrogen and oxygen atoms in total. The van der Waals surface area contributed by atoms with Crippen LogP contribution in [0.4, 0.5) is 16.3 Å². The number of pyridine rings is 1. The van der Waals surface area contributed by atoms with Crippen molar-refractivity contribution in [1.82, 2.24) is 10.3 Å². The Morgan fingerprint density at radius 2 is 1.69 bits per heavy atom. The van der Waals surface area contributed by atoms with Gasteiger partial charge in [-0.25, -0.2) is 9.78 Å². The van der Waals surface area contributed by atoms with Crippen LogP contribution in [0.5, 0.6) is 5.75 Å². The van der Waals surface area contributed by atoms with E-state index in [-0.39, 0.29) is 36.9 Å². The van der Waals surface area contributed by atoms with Gasteiger partial charge in [0.15, 0.2) is 0 Å². The first-order valence-corrected chi connectivity index (χ1v) is 11.3. The molecule has 35 heavy (non-hydrogen) atoms. The number of anilines is 2. The molecule has 3 rings (SSSR count). The van der Waals surface area contributed by atoms with Crippen LogP contribution < -0.4 is 20.7 Å². The van der Waals surface area contributed by atoms with Crippen molar-refractivity contribution in [3.8, 4) is 5.75 Å². The molecule has 182 valence electrons. The van der Waals surface area contributed by atoms with Crippen LogP contribution in [0.25, 0.3) is 0 Å². The van der Waals surface area contributed by atoms with Gasteiger partial charge in [0.05, 0.1) is 12.2 Å². The third kappa shape index (κ3) is 8.47. The van der Waals surface area contributed by atoms with Gasteiger partial charge in [-0.15, -0.1) is 0 Å². The number of rotatable bonds is 11. The largest absolute Gasteiger partial charge is 0.494 e. The zero-order valence-electron chi connectivity index (χ0n) is 19.5. The van der Waals surface area contributed by atoms with Gasteiger partial charge in [0.1, 0.15) is 18.2 Å². The van der Waals surface area contributed by atoms with Crippen LogP contribution in [0.15, 0.2) is 72.9 Å². The molecule has 9 heteroatoms. The van der Waals surface area contributed by atoms with E-state index in [1.807, 2.05) is 37.3 Å². The first-order valence-electron chi connectivity index (χ1n) is 11.3. The maximum Gasteiger partial charge on any atom is 0.407 e. The van der Waals surface area contributed by atoms with Crippen molar-refractivity contribution in [2.24, 2.45) is 0 Å². The summed E-state index contributed by atoms with van der Waals surface area (Å²) >= 11 is 0. The fourth-order valence-corrected chi connectivity index (χ4v) is 3.10. The average molecular weight is 477 g/mol. The second-order valence-electron chi connectivity index (χ2n) is 7.45. The predicted octanol–water partition coefficient (Wildman–Crippen LogP) is 4.38. The molecule has 3 amide bonds. The molecule has 2 aromatic carbocycles. The van der Waals surface area contributed by atoms with Gasteiger partial charge in [-0.3, -0.25) is 9.59 Å². The van der Waals surface area contributed by atoms with E-state index in [2.05, 4.69) is 20.9 Å². The van der Waals surface area contributed by atoms with Crippen molar-refractivity contribution >= 4 is 29.4 Å². The Labute approximate surface area is 203 Å². The maximum absolute atomic E-state index is 12.7. The number of hydrogen-bond donors (Lipinski definition) is 3. The molecule has 0 atom stereocenters. The quantitative estimate of drug-likeness (QED) is 0.354. The molecule has 0 bridgehead atoms. The van der Waals surface area contributed by atoms with E-state index in [0.29, 0.717) is 24.5 Å². The summed E-state index contributed by atoms with van der Waals surface area (Å²) in [5.41, 5.74) is 1.71. The molecular formula is C26H28N4O5. The molecule has 3 aromatic rings. The fraction of sp³-hybridized carbons (Fsp3) is 0.231. The normalized spacial score (nSPS) is 10.2. The summed E-state index contributed by atoms with van der Waals surface area (Å²) < 4.78 is 10.5. The van der Waals surface area contributed by atoms with E-state index < -0.39 is 12.0 Å². The van der Waals surface area contributed by atoms with Crippen LogP contribution in [0, 0.1) is 0 Å². The molecule has 0 aliphatic carbocycles. The van der Waals surface area contributed by atoms with Crippen molar-refractivity contribution in [2.45, 2.75) is 26.4 Å². The highest BCUT2D eigenvalue weighted by molar-refractivity contribution is 6.09. The first-order chi connectivity index (χ1) is 17.0. The van der Waals surface area contributed by atoms with Gasteiger partial charge < -0.3 is 25.4 Å². The first kappa shape index (κ1) is 25.2. The van der Waals surface area contributed by atoms with E-state index in [4.69, 9.17) is 9.47 Å². The lowest BCUT2D eigenvalue weighted by molar-refractivity contribution is -0.116. The zero-order chi connectivity index (χ0) is 24.9. The monoisotopic (exact) mass is 476 g/mol. The number of nitrogens with one attached hydrogen (secondary N) is 3. The average Bonchev–Trinajstić information content (AvgIpc) is 2.87. The highest BCUT2D eigenvalue weighted by atomic mass is 16.5. The van der Waals surface area contributed by atoms with Crippen molar-refractivity contribution in [3.05, 3.63) is 84.1 Å². The third-order valence-corrected chi connectivity index (χ3v) is 4.80. The van der Waals surface area contributed by atoms with Crippen molar-refractivity contribution in [1.29, 1.82) is 0 Å². The Morgan fingerprint density at radius 3 is 2.43 bits per heavy atom. The molecule has 3 N–H and O–H groups in total.